The molecule has 0 aliphatic carbocycles. The van der Waals surface area contributed by atoms with E-state index < -0.39 is 6.04 Å². The number of hydrogen-bond donors (Lipinski definition) is 1. The number of rotatable bonds is 6. The number of carbonyl (C=O) groups is 2. The Balaban J connectivity index is 2.14. The van der Waals surface area contributed by atoms with Gasteiger partial charge in [0.15, 0.2) is 0 Å². The smallest absolute Gasteiger partial charge is 0.258 e. The average molecular weight is 318 g/mol. The number of benzene rings is 1. The molecule has 1 aliphatic heterocycles. The van der Waals surface area contributed by atoms with E-state index in [1.165, 1.54) is 6.07 Å². The summed E-state index contributed by atoms with van der Waals surface area (Å²) in [5, 5.41) is 9.89. The molecule has 5 nitrogen and oxygen atoms in total. The molecule has 5 heteroatoms. The Morgan fingerprint density at radius 2 is 2.04 bits per heavy atom. The van der Waals surface area contributed by atoms with Crippen LogP contribution in [0.5, 0.6) is 5.75 Å². The number of nitrogens with zero attached hydrogens (tertiary/aromatic N) is 2. The lowest BCUT2D eigenvalue weighted by atomic mass is 10.1. The maximum atomic E-state index is 12.8. The van der Waals surface area contributed by atoms with Gasteiger partial charge in [0, 0.05) is 19.6 Å². The van der Waals surface area contributed by atoms with Gasteiger partial charge in [0.25, 0.3) is 5.91 Å². The third-order valence-electron chi connectivity index (χ3n) is 4.41. The lowest BCUT2D eigenvalue weighted by molar-refractivity contribution is -0.135. The Labute approximate surface area is 137 Å². The largest absolute Gasteiger partial charge is 0.507 e. The lowest BCUT2D eigenvalue weighted by Gasteiger charge is -2.30. The van der Waals surface area contributed by atoms with Crippen LogP contribution in [-0.4, -0.2) is 52.4 Å². The van der Waals surface area contributed by atoms with Crippen LogP contribution in [0.4, 0.5) is 0 Å². The summed E-state index contributed by atoms with van der Waals surface area (Å²) in [6.45, 7) is 6.03. The van der Waals surface area contributed by atoms with E-state index in [1.807, 2.05) is 11.8 Å². The predicted octanol–water partition coefficient (Wildman–Crippen LogP) is 2.65. The highest BCUT2D eigenvalue weighted by molar-refractivity contribution is 5.99. The summed E-state index contributed by atoms with van der Waals surface area (Å²) >= 11 is 0. The molecule has 1 N–H and O–H groups in total. The van der Waals surface area contributed by atoms with Gasteiger partial charge in [-0.25, -0.2) is 0 Å². The van der Waals surface area contributed by atoms with Crippen molar-refractivity contribution in [1.82, 2.24) is 9.80 Å². The van der Waals surface area contributed by atoms with Crippen molar-refractivity contribution in [3.8, 4) is 5.75 Å². The lowest BCUT2D eigenvalue weighted by Crippen LogP contribution is -2.48. The van der Waals surface area contributed by atoms with Crippen molar-refractivity contribution in [1.29, 1.82) is 0 Å². The van der Waals surface area contributed by atoms with Crippen molar-refractivity contribution >= 4 is 11.8 Å². The van der Waals surface area contributed by atoms with Crippen molar-refractivity contribution < 1.29 is 14.7 Å². The minimum absolute atomic E-state index is 0.0298. The Morgan fingerprint density at radius 1 is 1.30 bits per heavy atom. The first-order valence-electron chi connectivity index (χ1n) is 8.47. The summed E-state index contributed by atoms with van der Waals surface area (Å²) in [4.78, 5) is 28.9. The van der Waals surface area contributed by atoms with Crippen molar-refractivity contribution in [3.63, 3.8) is 0 Å². The van der Waals surface area contributed by atoms with Gasteiger partial charge in [-0.1, -0.05) is 25.5 Å². The second kappa shape index (κ2) is 7.99. The topological polar surface area (TPSA) is 60.9 Å². The zero-order valence-corrected chi connectivity index (χ0v) is 14.0. The molecule has 0 saturated carbocycles. The zero-order valence-electron chi connectivity index (χ0n) is 14.0. The summed E-state index contributed by atoms with van der Waals surface area (Å²) in [6, 6.07) is 6.10. The van der Waals surface area contributed by atoms with Gasteiger partial charge in [-0.2, -0.15) is 0 Å². The summed E-state index contributed by atoms with van der Waals surface area (Å²) in [5.41, 5.74) is 0.267. The molecule has 2 amide bonds. The van der Waals surface area contributed by atoms with Crippen molar-refractivity contribution in [3.05, 3.63) is 29.8 Å². The molecule has 1 heterocycles. The number of unbranched alkanes of at least 4 members (excludes halogenated alkanes) is 1. The number of likely N-dealkylation sites (tertiary alicyclic amines) is 1. The van der Waals surface area contributed by atoms with E-state index in [0.717, 1.165) is 25.8 Å². The van der Waals surface area contributed by atoms with Crippen LogP contribution >= 0.6 is 0 Å². The number of amides is 2. The zero-order chi connectivity index (χ0) is 16.8. The number of phenolic OH excluding ortho intramolecular Hbond substituents is 1. The molecule has 0 aromatic heterocycles. The molecule has 1 fully saturated rings. The normalized spacial score (nSPS) is 17.3. The van der Waals surface area contributed by atoms with E-state index in [0.29, 0.717) is 19.5 Å². The summed E-state index contributed by atoms with van der Waals surface area (Å²) < 4.78 is 0. The fourth-order valence-corrected chi connectivity index (χ4v) is 3.06. The van der Waals surface area contributed by atoms with Crippen molar-refractivity contribution in [2.24, 2.45) is 0 Å². The molecule has 126 valence electrons. The molecule has 1 aromatic rings. The van der Waals surface area contributed by atoms with E-state index in [4.69, 9.17) is 0 Å². The molecular formula is C18H26N2O3. The van der Waals surface area contributed by atoms with Crippen LogP contribution in [0.15, 0.2) is 24.3 Å². The van der Waals surface area contributed by atoms with Crippen molar-refractivity contribution in [2.45, 2.75) is 45.6 Å². The number of phenols is 1. The minimum atomic E-state index is -0.404. The molecule has 1 aliphatic rings. The summed E-state index contributed by atoms with van der Waals surface area (Å²) in [7, 11) is 0. The average Bonchev–Trinajstić information content (AvgIpc) is 3.04. The Hall–Kier alpha value is -2.04. The maximum absolute atomic E-state index is 12.8. The highest BCUT2D eigenvalue weighted by Crippen LogP contribution is 2.25. The second-order valence-corrected chi connectivity index (χ2v) is 5.95. The van der Waals surface area contributed by atoms with Gasteiger partial charge >= 0.3 is 0 Å². The SMILES string of the molecule is CCCCN(CC)C(=O)C1CCCN1C(=O)c1ccccc1O. The van der Waals surface area contributed by atoms with E-state index >= 15 is 0 Å². The van der Waals surface area contributed by atoms with E-state index in [1.54, 1.807) is 23.1 Å². The molecule has 23 heavy (non-hydrogen) atoms. The van der Waals surface area contributed by atoms with Gasteiger partial charge in [0.1, 0.15) is 11.8 Å². The van der Waals surface area contributed by atoms with Crippen LogP contribution in [0.3, 0.4) is 0 Å². The Morgan fingerprint density at radius 3 is 2.70 bits per heavy atom. The van der Waals surface area contributed by atoms with Crippen LogP contribution in [0.2, 0.25) is 0 Å². The van der Waals surface area contributed by atoms with Gasteiger partial charge in [0.2, 0.25) is 5.91 Å². The van der Waals surface area contributed by atoms with Gasteiger partial charge in [-0.05, 0) is 38.3 Å². The maximum Gasteiger partial charge on any atom is 0.258 e. The van der Waals surface area contributed by atoms with E-state index in [2.05, 4.69) is 6.92 Å². The molecule has 2 rings (SSSR count). The highest BCUT2D eigenvalue weighted by atomic mass is 16.3. The second-order valence-electron chi connectivity index (χ2n) is 5.95. The standard InChI is InChI=1S/C18H26N2O3/c1-3-5-12-19(4-2)18(23)15-10-8-13-20(15)17(22)14-9-6-7-11-16(14)21/h6-7,9,11,15,21H,3-5,8,10,12-13H2,1-2H3. The highest BCUT2D eigenvalue weighted by Gasteiger charge is 2.37. The molecular weight excluding hydrogens is 292 g/mol. The van der Waals surface area contributed by atoms with Crippen LogP contribution in [0, 0.1) is 0 Å². The molecule has 1 aromatic carbocycles. The molecule has 1 saturated heterocycles. The molecule has 0 bridgehead atoms. The number of aromatic hydroxyl groups is 1. The molecule has 0 radical (unpaired) electrons. The third-order valence-corrected chi connectivity index (χ3v) is 4.41. The van der Waals surface area contributed by atoms with Crippen LogP contribution < -0.4 is 0 Å². The molecule has 1 unspecified atom stereocenters. The predicted molar refractivity (Wildman–Crippen MR) is 89.3 cm³/mol. The Kier molecular flexibility index (Phi) is 6.02. The van der Waals surface area contributed by atoms with Crippen molar-refractivity contribution in [2.75, 3.05) is 19.6 Å². The molecule has 1 atom stereocenters. The fraction of sp³-hybridized carbons (Fsp3) is 0.556. The summed E-state index contributed by atoms with van der Waals surface area (Å²) in [6.07, 6.45) is 3.52. The fourth-order valence-electron chi connectivity index (χ4n) is 3.06. The summed E-state index contributed by atoms with van der Waals surface area (Å²) in [5.74, 6) is -0.262. The first-order valence-corrected chi connectivity index (χ1v) is 8.47. The van der Waals surface area contributed by atoms with Gasteiger partial charge < -0.3 is 14.9 Å². The van der Waals surface area contributed by atoms with Gasteiger partial charge in [-0.3, -0.25) is 9.59 Å². The van der Waals surface area contributed by atoms with Gasteiger partial charge in [-0.15, -0.1) is 0 Å². The number of carbonyl (C=O) groups excluding carboxylic acids is 2. The Bertz CT molecular complexity index is 559. The van der Waals surface area contributed by atoms with Crippen LogP contribution in [-0.2, 0) is 4.79 Å². The number of hydrogen-bond acceptors (Lipinski definition) is 3. The van der Waals surface area contributed by atoms with Crippen LogP contribution in [0.1, 0.15) is 49.9 Å². The number of para-hydroxylation sites is 1. The number of likely N-dealkylation sites (N-methyl/N-ethyl adjacent to an activating group) is 1. The van der Waals surface area contributed by atoms with Gasteiger partial charge in [0.05, 0.1) is 5.56 Å². The molecule has 0 spiro atoms. The third kappa shape index (κ3) is 3.84. The van der Waals surface area contributed by atoms with Crippen LogP contribution in [0.25, 0.3) is 0 Å². The first kappa shape index (κ1) is 17.3. The monoisotopic (exact) mass is 318 g/mol. The minimum Gasteiger partial charge on any atom is -0.507 e. The quantitative estimate of drug-likeness (QED) is 0.877. The van der Waals surface area contributed by atoms with E-state index in [9.17, 15) is 14.7 Å². The first-order chi connectivity index (χ1) is 11.1. The van der Waals surface area contributed by atoms with E-state index in [-0.39, 0.29) is 23.1 Å².